The van der Waals surface area contributed by atoms with Crippen molar-refractivity contribution in [2.75, 3.05) is 0 Å². The van der Waals surface area contributed by atoms with E-state index in [2.05, 4.69) is 30.1 Å². The second kappa shape index (κ2) is 4.38. The number of thiazole rings is 1. The van der Waals surface area contributed by atoms with E-state index in [1.54, 1.807) is 0 Å². The molecule has 1 N–H and O–H groups in total. The van der Waals surface area contributed by atoms with Gasteiger partial charge in [-0.15, -0.1) is 11.3 Å². The average Bonchev–Trinajstić information content (AvgIpc) is 2.75. The molecule has 18 heavy (non-hydrogen) atoms. The van der Waals surface area contributed by atoms with Crippen molar-refractivity contribution in [1.82, 2.24) is 9.55 Å². The van der Waals surface area contributed by atoms with Crippen molar-refractivity contribution in [3.63, 3.8) is 0 Å². The fourth-order valence-corrected chi connectivity index (χ4v) is 2.76. The Labute approximate surface area is 109 Å². The number of nitrogens with one attached hydrogen (secondary N) is 1. The number of fused-ring (bicyclic) bond motifs is 1. The molecule has 0 saturated carbocycles. The number of nitrogens with zero attached hydrogens (tertiary/aromatic N) is 2. The molecule has 0 atom stereocenters. The quantitative estimate of drug-likeness (QED) is 0.751. The Hall–Kier alpha value is -1.94. The zero-order valence-electron chi connectivity index (χ0n) is 10.1. The number of hydrogen-bond donors (Lipinski definition) is 1. The van der Waals surface area contributed by atoms with Crippen molar-refractivity contribution in [3.05, 3.63) is 58.0 Å². The van der Waals surface area contributed by atoms with Crippen molar-refractivity contribution in [3.8, 4) is 0 Å². The van der Waals surface area contributed by atoms with Crippen LogP contribution in [-0.2, 0) is 6.54 Å². The van der Waals surface area contributed by atoms with Gasteiger partial charge in [0, 0.05) is 23.2 Å². The maximum atomic E-state index is 7.82. The average molecular weight is 255 g/mol. The first-order valence-electron chi connectivity index (χ1n) is 5.77. The maximum absolute atomic E-state index is 7.82. The van der Waals surface area contributed by atoms with Crippen LogP contribution >= 0.6 is 11.3 Å². The molecule has 0 fully saturated rings. The number of aromatic nitrogens is 2. The summed E-state index contributed by atoms with van der Waals surface area (Å²) in [6.07, 6.45) is 3.77. The zero-order valence-corrected chi connectivity index (χ0v) is 10.9. The normalized spacial score (nSPS) is 10.9. The number of hydrogen-bond acceptors (Lipinski definition) is 3. The summed E-state index contributed by atoms with van der Waals surface area (Å²) in [6.45, 7) is 2.80. The van der Waals surface area contributed by atoms with Crippen LogP contribution in [0.3, 0.4) is 0 Å². The Kier molecular flexibility index (Phi) is 2.72. The van der Waals surface area contributed by atoms with Gasteiger partial charge >= 0.3 is 0 Å². The van der Waals surface area contributed by atoms with Crippen LogP contribution in [0.1, 0.15) is 11.1 Å². The van der Waals surface area contributed by atoms with E-state index in [0.717, 1.165) is 10.9 Å². The molecule has 3 rings (SSSR count). The zero-order chi connectivity index (χ0) is 12.5. The van der Waals surface area contributed by atoms with Gasteiger partial charge < -0.3 is 4.57 Å². The van der Waals surface area contributed by atoms with Gasteiger partial charge in [-0.25, -0.2) is 0 Å². The van der Waals surface area contributed by atoms with Crippen molar-refractivity contribution < 1.29 is 0 Å². The van der Waals surface area contributed by atoms with Gasteiger partial charge in [-0.3, -0.25) is 10.4 Å². The van der Waals surface area contributed by atoms with Crippen LogP contribution < -0.4 is 4.80 Å². The van der Waals surface area contributed by atoms with Gasteiger partial charge in [-0.2, -0.15) is 0 Å². The van der Waals surface area contributed by atoms with E-state index >= 15 is 0 Å². The highest BCUT2D eigenvalue weighted by Crippen LogP contribution is 2.19. The summed E-state index contributed by atoms with van der Waals surface area (Å²) in [5, 5.41) is 10.9. The van der Waals surface area contributed by atoms with E-state index in [1.807, 2.05) is 28.4 Å². The molecular formula is C14H13N3S. The Morgan fingerprint density at radius 1 is 1.39 bits per heavy atom. The van der Waals surface area contributed by atoms with Crippen LogP contribution in [0.5, 0.6) is 0 Å². The molecule has 0 aliphatic carbocycles. The molecule has 4 heteroatoms. The molecule has 0 unspecified atom stereocenters. The number of aryl methyl sites for hydroxylation is 1. The Morgan fingerprint density at radius 3 is 3.06 bits per heavy atom. The van der Waals surface area contributed by atoms with E-state index in [1.165, 1.54) is 22.5 Å². The molecule has 0 amide bonds. The summed E-state index contributed by atoms with van der Waals surface area (Å²) in [5.41, 5.74) is 3.43. The van der Waals surface area contributed by atoms with Crippen molar-refractivity contribution in [2.45, 2.75) is 13.5 Å². The lowest BCUT2D eigenvalue weighted by molar-refractivity contribution is 0.762. The lowest BCUT2D eigenvalue weighted by Crippen LogP contribution is -2.13. The first-order valence-corrected chi connectivity index (χ1v) is 6.65. The highest BCUT2D eigenvalue weighted by atomic mass is 32.1. The minimum absolute atomic E-state index is 0.570. The van der Waals surface area contributed by atoms with Gasteiger partial charge in [0.15, 0.2) is 4.80 Å². The topological polar surface area (TPSA) is 41.7 Å². The second-order valence-corrected chi connectivity index (χ2v) is 5.23. The third-order valence-electron chi connectivity index (χ3n) is 2.95. The Bertz CT molecular complexity index is 755. The molecule has 0 aliphatic rings. The van der Waals surface area contributed by atoms with Gasteiger partial charge in [0.2, 0.25) is 0 Å². The smallest absolute Gasteiger partial charge is 0.182 e. The molecule has 2 heterocycles. The Morgan fingerprint density at radius 2 is 2.28 bits per heavy atom. The predicted molar refractivity (Wildman–Crippen MR) is 73.7 cm³/mol. The largest absolute Gasteiger partial charge is 0.320 e. The van der Waals surface area contributed by atoms with Crippen LogP contribution in [0.4, 0.5) is 0 Å². The minimum atomic E-state index is 0.570. The molecule has 1 aromatic carbocycles. The fourth-order valence-electron chi connectivity index (χ4n) is 2.16. The van der Waals surface area contributed by atoms with E-state index in [9.17, 15) is 0 Å². The van der Waals surface area contributed by atoms with Crippen molar-refractivity contribution in [2.24, 2.45) is 0 Å². The van der Waals surface area contributed by atoms with Crippen LogP contribution in [0, 0.1) is 12.3 Å². The molecule has 90 valence electrons. The Balaban J connectivity index is 2.17. The van der Waals surface area contributed by atoms with Crippen molar-refractivity contribution in [1.29, 1.82) is 5.41 Å². The van der Waals surface area contributed by atoms with E-state index in [0.29, 0.717) is 11.3 Å². The molecule has 0 saturated heterocycles. The van der Waals surface area contributed by atoms with Gasteiger partial charge in [0.05, 0.1) is 12.1 Å². The molecule has 0 bridgehead atoms. The lowest BCUT2D eigenvalue weighted by atomic mass is 10.1. The standard InChI is InChI=1S/C14H13N3S/c1-10-7-11-3-2-4-16-13(11)12(8-10)9-17-5-6-18-14(17)15/h2-8,15H,9H2,1H3. The third-order valence-corrected chi connectivity index (χ3v) is 3.67. The first-order chi connectivity index (χ1) is 8.74. The van der Waals surface area contributed by atoms with E-state index in [4.69, 9.17) is 5.41 Å². The summed E-state index contributed by atoms with van der Waals surface area (Å²) in [6, 6.07) is 8.34. The number of benzene rings is 1. The van der Waals surface area contributed by atoms with Crippen molar-refractivity contribution >= 4 is 22.2 Å². The molecule has 3 aromatic rings. The monoisotopic (exact) mass is 255 g/mol. The summed E-state index contributed by atoms with van der Waals surface area (Å²) < 4.78 is 1.94. The molecule has 0 radical (unpaired) electrons. The maximum Gasteiger partial charge on any atom is 0.182 e. The van der Waals surface area contributed by atoms with E-state index < -0.39 is 0 Å². The summed E-state index contributed by atoms with van der Waals surface area (Å²) in [5.74, 6) is 0. The second-order valence-electron chi connectivity index (χ2n) is 4.34. The summed E-state index contributed by atoms with van der Waals surface area (Å²) >= 11 is 1.44. The molecule has 3 nitrogen and oxygen atoms in total. The highest BCUT2D eigenvalue weighted by molar-refractivity contribution is 7.06. The minimum Gasteiger partial charge on any atom is -0.320 e. The third kappa shape index (κ3) is 1.95. The van der Waals surface area contributed by atoms with E-state index in [-0.39, 0.29) is 0 Å². The SMILES string of the molecule is Cc1cc(Cn2ccsc2=N)c2ncccc2c1. The highest BCUT2D eigenvalue weighted by Gasteiger charge is 2.05. The van der Waals surface area contributed by atoms with Crippen LogP contribution in [0.25, 0.3) is 10.9 Å². The van der Waals surface area contributed by atoms with Gasteiger partial charge in [-0.1, -0.05) is 17.7 Å². The van der Waals surface area contributed by atoms with Gasteiger partial charge in [-0.05, 0) is 24.6 Å². The fraction of sp³-hybridized carbons (Fsp3) is 0.143. The molecule has 0 spiro atoms. The molecular weight excluding hydrogens is 242 g/mol. The summed E-state index contributed by atoms with van der Waals surface area (Å²) in [7, 11) is 0. The number of pyridine rings is 1. The van der Waals surface area contributed by atoms with Crippen LogP contribution in [0.15, 0.2) is 42.0 Å². The van der Waals surface area contributed by atoms with Gasteiger partial charge in [0.1, 0.15) is 0 Å². The van der Waals surface area contributed by atoms with Gasteiger partial charge in [0.25, 0.3) is 0 Å². The lowest BCUT2D eigenvalue weighted by Gasteiger charge is -2.08. The first kappa shape index (κ1) is 11.2. The summed E-state index contributed by atoms with van der Waals surface area (Å²) in [4.78, 5) is 5.03. The number of rotatable bonds is 2. The predicted octanol–water partition coefficient (Wildman–Crippen LogP) is 2.93. The van der Waals surface area contributed by atoms with Crippen LogP contribution in [-0.4, -0.2) is 9.55 Å². The molecule has 0 aliphatic heterocycles. The van der Waals surface area contributed by atoms with Crippen LogP contribution in [0.2, 0.25) is 0 Å². The molecule has 2 aromatic heterocycles.